The number of benzene rings is 1. The molecule has 0 aliphatic carbocycles. The summed E-state index contributed by atoms with van der Waals surface area (Å²) in [5.41, 5.74) is -0.604. The average molecular weight is 279 g/mol. The van der Waals surface area contributed by atoms with Gasteiger partial charge in [-0.25, -0.2) is 17.2 Å². The van der Waals surface area contributed by atoms with Crippen molar-refractivity contribution >= 4 is 21.7 Å². The second-order valence-electron chi connectivity index (χ2n) is 3.71. The van der Waals surface area contributed by atoms with E-state index in [-0.39, 0.29) is 5.56 Å². The van der Waals surface area contributed by atoms with E-state index in [0.717, 1.165) is 13.0 Å². The van der Waals surface area contributed by atoms with Crippen molar-refractivity contribution in [2.24, 2.45) is 0 Å². The molecule has 2 N–H and O–H groups in total. The molecule has 0 saturated carbocycles. The van der Waals surface area contributed by atoms with E-state index < -0.39 is 38.6 Å². The number of carboxylic acid groups (broad SMARTS) is 1. The molecule has 0 radical (unpaired) electrons. The number of aryl methyl sites for hydroxylation is 1. The molecule has 0 aromatic heterocycles. The lowest BCUT2D eigenvalue weighted by Crippen LogP contribution is -2.32. The van der Waals surface area contributed by atoms with Crippen molar-refractivity contribution in [3.8, 4) is 0 Å². The van der Waals surface area contributed by atoms with E-state index in [4.69, 9.17) is 5.11 Å². The van der Waals surface area contributed by atoms with Crippen LogP contribution in [0.1, 0.15) is 12.5 Å². The number of anilines is 1. The molecule has 0 amide bonds. The fourth-order valence-electron chi connectivity index (χ4n) is 1.10. The second kappa shape index (κ2) is 4.89. The van der Waals surface area contributed by atoms with Crippen LogP contribution in [-0.2, 0) is 14.8 Å². The maximum atomic E-state index is 13.4. The van der Waals surface area contributed by atoms with Crippen LogP contribution >= 0.6 is 0 Å². The van der Waals surface area contributed by atoms with E-state index in [1.165, 1.54) is 6.92 Å². The lowest BCUT2D eigenvalue weighted by atomic mass is 10.2. The Balaban J connectivity index is 3.13. The third-order valence-corrected chi connectivity index (χ3v) is 3.95. The van der Waals surface area contributed by atoms with Crippen LogP contribution in [0.2, 0.25) is 0 Å². The first-order valence-electron chi connectivity index (χ1n) is 4.85. The van der Waals surface area contributed by atoms with Gasteiger partial charge in [0.25, 0.3) is 0 Å². The predicted molar refractivity (Wildman–Crippen MR) is 60.7 cm³/mol. The number of nitrogens with one attached hydrogen (secondary N) is 1. The number of carboxylic acids is 1. The quantitative estimate of drug-likeness (QED) is 0.874. The van der Waals surface area contributed by atoms with Gasteiger partial charge in [-0.05, 0) is 25.5 Å². The van der Waals surface area contributed by atoms with Gasteiger partial charge in [-0.3, -0.25) is 9.52 Å². The van der Waals surface area contributed by atoms with Gasteiger partial charge in [0.1, 0.15) is 11.6 Å². The number of rotatable bonds is 4. The Morgan fingerprint density at radius 2 is 1.89 bits per heavy atom. The van der Waals surface area contributed by atoms with Gasteiger partial charge in [0, 0.05) is 6.07 Å². The van der Waals surface area contributed by atoms with Crippen LogP contribution in [0, 0.1) is 18.6 Å². The molecule has 0 aliphatic rings. The van der Waals surface area contributed by atoms with E-state index in [2.05, 4.69) is 0 Å². The number of hydrogen-bond acceptors (Lipinski definition) is 3. The summed E-state index contributed by atoms with van der Waals surface area (Å²) in [6, 6.07) is 1.48. The van der Waals surface area contributed by atoms with Gasteiger partial charge in [-0.2, -0.15) is 0 Å². The molecule has 1 aromatic carbocycles. The number of aliphatic carboxylic acids is 1. The van der Waals surface area contributed by atoms with Crippen LogP contribution in [0.25, 0.3) is 0 Å². The van der Waals surface area contributed by atoms with E-state index in [1.54, 1.807) is 4.72 Å². The van der Waals surface area contributed by atoms with Crippen molar-refractivity contribution in [3.63, 3.8) is 0 Å². The Morgan fingerprint density at radius 1 is 1.33 bits per heavy atom. The van der Waals surface area contributed by atoms with Gasteiger partial charge >= 0.3 is 5.97 Å². The van der Waals surface area contributed by atoms with Gasteiger partial charge in [0.15, 0.2) is 5.25 Å². The number of halogens is 2. The first-order valence-corrected chi connectivity index (χ1v) is 6.40. The maximum absolute atomic E-state index is 13.4. The molecule has 1 atom stereocenters. The molecule has 8 heteroatoms. The minimum absolute atomic E-state index is 0.0155. The molecular weight excluding hydrogens is 268 g/mol. The predicted octanol–water partition coefficient (Wildman–Crippen LogP) is 1.49. The zero-order valence-electron chi connectivity index (χ0n) is 9.57. The van der Waals surface area contributed by atoms with Crippen molar-refractivity contribution in [3.05, 3.63) is 29.3 Å². The van der Waals surface area contributed by atoms with Crippen molar-refractivity contribution < 1.29 is 27.1 Å². The van der Waals surface area contributed by atoms with Crippen molar-refractivity contribution in [1.82, 2.24) is 0 Å². The minimum atomic E-state index is -4.32. The largest absolute Gasteiger partial charge is 0.480 e. The summed E-state index contributed by atoms with van der Waals surface area (Å²) >= 11 is 0. The lowest BCUT2D eigenvalue weighted by molar-refractivity contribution is -0.136. The summed E-state index contributed by atoms with van der Waals surface area (Å²) in [7, 11) is -4.32. The van der Waals surface area contributed by atoms with Crippen LogP contribution in [-0.4, -0.2) is 24.7 Å². The molecule has 1 unspecified atom stereocenters. The Morgan fingerprint density at radius 3 is 2.39 bits per heavy atom. The molecule has 5 nitrogen and oxygen atoms in total. The first-order chi connectivity index (χ1) is 8.15. The highest BCUT2D eigenvalue weighted by molar-refractivity contribution is 7.94. The number of hydrogen-bond donors (Lipinski definition) is 2. The fourth-order valence-corrected chi connectivity index (χ4v) is 2.00. The van der Waals surface area contributed by atoms with Crippen molar-refractivity contribution in [2.75, 3.05) is 4.72 Å². The Bertz CT molecular complexity index is 586. The van der Waals surface area contributed by atoms with Crippen LogP contribution in [0.3, 0.4) is 0 Å². The van der Waals surface area contributed by atoms with Crippen molar-refractivity contribution in [1.29, 1.82) is 0 Å². The molecule has 18 heavy (non-hydrogen) atoms. The monoisotopic (exact) mass is 279 g/mol. The minimum Gasteiger partial charge on any atom is -0.480 e. The normalized spacial score (nSPS) is 13.1. The summed E-state index contributed by atoms with van der Waals surface area (Å²) in [4.78, 5) is 10.6. The highest BCUT2D eigenvalue weighted by atomic mass is 32.2. The lowest BCUT2D eigenvalue weighted by Gasteiger charge is -2.12. The van der Waals surface area contributed by atoms with E-state index >= 15 is 0 Å². The van der Waals surface area contributed by atoms with Crippen LogP contribution in [0.15, 0.2) is 12.1 Å². The van der Waals surface area contributed by atoms with E-state index in [0.29, 0.717) is 6.07 Å². The average Bonchev–Trinajstić information content (AvgIpc) is 2.24. The molecule has 1 aromatic rings. The SMILES string of the molecule is Cc1cc(F)c(NS(=O)(=O)C(C)C(=O)O)cc1F. The topological polar surface area (TPSA) is 83.5 Å². The summed E-state index contributed by atoms with van der Waals surface area (Å²) in [5, 5.41) is 6.80. The molecule has 1 rings (SSSR count). The highest BCUT2D eigenvalue weighted by Crippen LogP contribution is 2.21. The highest BCUT2D eigenvalue weighted by Gasteiger charge is 2.28. The Kier molecular flexibility index (Phi) is 3.90. The summed E-state index contributed by atoms with van der Waals surface area (Å²) in [5.74, 6) is -3.36. The van der Waals surface area contributed by atoms with Crippen LogP contribution in [0.5, 0.6) is 0 Å². The Labute approximate surface area is 102 Å². The van der Waals surface area contributed by atoms with Gasteiger partial charge in [-0.1, -0.05) is 0 Å². The zero-order chi connectivity index (χ0) is 14.1. The first kappa shape index (κ1) is 14.4. The van der Waals surface area contributed by atoms with Crippen molar-refractivity contribution in [2.45, 2.75) is 19.1 Å². The smallest absolute Gasteiger partial charge is 0.323 e. The van der Waals surface area contributed by atoms with Gasteiger partial charge < -0.3 is 5.11 Å². The van der Waals surface area contributed by atoms with Gasteiger partial charge in [-0.15, -0.1) is 0 Å². The molecule has 0 bridgehead atoms. The second-order valence-corrected chi connectivity index (χ2v) is 5.71. The van der Waals surface area contributed by atoms with E-state index in [1.807, 2.05) is 0 Å². The molecule has 0 heterocycles. The fraction of sp³-hybridized carbons (Fsp3) is 0.300. The summed E-state index contributed by atoms with van der Waals surface area (Å²) in [6.45, 7) is 2.24. The molecule has 0 aliphatic heterocycles. The standard InChI is InChI=1S/C10H11F2NO4S/c1-5-3-8(12)9(4-7(5)11)13-18(16,17)6(2)10(14)15/h3-4,6,13H,1-2H3,(H,14,15). The molecular formula is C10H11F2NO4S. The molecule has 0 fully saturated rings. The third kappa shape index (κ3) is 2.95. The number of carbonyl (C=O) groups is 1. The summed E-state index contributed by atoms with van der Waals surface area (Å²) in [6.07, 6.45) is 0. The number of sulfonamides is 1. The van der Waals surface area contributed by atoms with Crippen LogP contribution in [0.4, 0.5) is 14.5 Å². The Hall–Kier alpha value is -1.70. The summed E-state index contributed by atoms with van der Waals surface area (Å²) < 4.78 is 51.3. The van der Waals surface area contributed by atoms with Gasteiger partial charge in [0.2, 0.25) is 10.0 Å². The van der Waals surface area contributed by atoms with E-state index in [9.17, 15) is 22.0 Å². The van der Waals surface area contributed by atoms with Gasteiger partial charge in [0.05, 0.1) is 5.69 Å². The molecule has 100 valence electrons. The molecule has 0 saturated heterocycles. The zero-order valence-corrected chi connectivity index (χ0v) is 10.4. The maximum Gasteiger partial charge on any atom is 0.323 e. The molecule has 0 spiro atoms. The van der Waals surface area contributed by atoms with Crippen LogP contribution < -0.4 is 4.72 Å². The third-order valence-electron chi connectivity index (χ3n) is 2.31.